The van der Waals surface area contributed by atoms with Crippen molar-refractivity contribution in [2.24, 2.45) is 0 Å². The van der Waals surface area contributed by atoms with E-state index in [9.17, 15) is 0 Å². The topological polar surface area (TPSA) is 27.7 Å². The standard InChI is InChI=1S/C15H26O3Si2/c1-16-12-10-8-9-11-13(12)15(18-20(5,6)7)14(11)17-19(2,3)4/h8-10,14-15H,1-7H3/t14-,15-/m1/s1. The molecule has 1 aromatic rings. The van der Waals surface area contributed by atoms with Gasteiger partial charge in [-0.3, -0.25) is 0 Å². The zero-order chi connectivity index (χ0) is 15.1. The van der Waals surface area contributed by atoms with Crippen molar-refractivity contribution in [3.63, 3.8) is 0 Å². The van der Waals surface area contributed by atoms with E-state index in [4.69, 9.17) is 13.6 Å². The molecule has 2 atom stereocenters. The Labute approximate surface area is 124 Å². The molecule has 1 aromatic carbocycles. The zero-order valence-electron chi connectivity index (χ0n) is 13.6. The van der Waals surface area contributed by atoms with Gasteiger partial charge in [0, 0.05) is 5.56 Å². The summed E-state index contributed by atoms with van der Waals surface area (Å²) in [6, 6.07) is 6.17. The van der Waals surface area contributed by atoms with Gasteiger partial charge >= 0.3 is 0 Å². The van der Waals surface area contributed by atoms with Crippen LogP contribution in [-0.4, -0.2) is 23.7 Å². The fraction of sp³-hybridized carbons (Fsp3) is 0.600. The van der Waals surface area contributed by atoms with Crippen molar-refractivity contribution < 1.29 is 13.6 Å². The van der Waals surface area contributed by atoms with Gasteiger partial charge in [0.2, 0.25) is 0 Å². The summed E-state index contributed by atoms with van der Waals surface area (Å²) in [6.45, 7) is 13.3. The lowest BCUT2D eigenvalue weighted by molar-refractivity contribution is 0.00959. The van der Waals surface area contributed by atoms with Crippen molar-refractivity contribution in [3.05, 3.63) is 29.3 Å². The fourth-order valence-corrected chi connectivity index (χ4v) is 4.53. The van der Waals surface area contributed by atoms with E-state index >= 15 is 0 Å². The average Bonchev–Trinajstić information content (AvgIpc) is 2.30. The number of hydrogen-bond donors (Lipinski definition) is 0. The molecule has 0 amide bonds. The number of hydrogen-bond acceptors (Lipinski definition) is 3. The first-order valence-corrected chi connectivity index (χ1v) is 14.0. The SMILES string of the molecule is COc1cccc2c1[C@@H](O[Si](C)(C)C)[C@@H]2O[Si](C)(C)C. The van der Waals surface area contributed by atoms with E-state index < -0.39 is 16.6 Å². The summed E-state index contributed by atoms with van der Waals surface area (Å²) in [5.74, 6) is 0.918. The Balaban J connectivity index is 2.34. The molecule has 5 heteroatoms. The molecule has 0 aliphatic heterocycles. The maximum Gasteiger partial charge on any atom is 0.184 e. The number of ether oxygens (including phenoxy) is 1. The molecule has 1 aliphatic rings. The van der Waals surface area contributed by atoms with E-state index in [1.807, 2.05) is 12.1 Å². The fourth-order valence-electron chi connectivity index (χ4n) is 2.52. The highest BCUT2D eigenvalue weighted by Crippen LogP contribution is 2.53. The third-order valence-electron chi connectivity index (χ3n) is 3.15. The second kappa shape index (κ2) is 5.29. The molecular formula is C15H26O3Si2. The van der Waals surface area contributed by atoms with Gasteiger partial charge in [-0.2, -0.15) is 0 Å². The van der Waals surface area contributed by atoms with Gasteiger partial charge in [-0.05, 0) is 50.9 Å². The molecule has 0 radical (unpaired) electrons. The lowest BCUT2D eigenvalue weighted by Gasteiger charge is -2.45. The van der Waals surface area contributed by atoms with Crippen molar-refractivity contribution in [2.75, 3.05) is 7.11 Å². The summed E-state index contributed by atoms with van der Waals surface area (Å²) in [5, 5.41) is 0. The maximum atomic E-state index is 6.36. The minimum atomic E-state index is -1.63. The van der Waals surface area contributed by atoms with Gasteiger partial charge in [0.25, 0.3) is 0 Å². The monoisotopic (exact) mass is 310 g/mol. The Morgan fingerprint density at radius 3 is 1.90 bits per heavy atom. The molecular weight excluding hydrogens is 284 g/mol. The van der Waals surface area contributed by atoms with Gasteiger partial charge in [0.05, 0.1) is 7.11 Å². The molecule has 0 unspecified atom stereocenters. The summed E-state index contributed by atoms with van der Waals surface area (Å²) in [6.07, 6.45) is 0.0954. The lowest BCUT2D eigenvalue weighted by Crippen LogP contribution is -2.41. The van der Waals surface area contributed by atoms with Crippen LogP contribution in [0.1, 0.15) is 23.3 Å². The van der Waals surface area contributed by atoms with Crippen LogP contribution in [0.3, 0.4) is 0 Å². The van der Waals surface area contributed by atoms with Crippen LogP contribution in [0.5, 0.6) is 5.75 Å². The minimum absolute atomic E-state index is 0.0274. The summed E-state index contributed by atoms with van der Waals surface area (Å²) in [4.78, 5) is 0. The predicted octanol–water partition coefficient (Wildman–Crippen LogP) is 4.49. The van der Waals surface area contributed by atoms with Crippen LogP contribution in [0.25, 0.3) is 0 Å². The normalized spacial score (nSPS) is 22.1. The Kier molecular flexibility index (Phi) is 4.17. The van der Waals surface area contributed by atoms with E-state index in [-0.39, 0.29) is 12.2 Å². The van der Waals surface area contributed by atoms with Gasteiger partial charge in [-0.1, -0.05) is 12.1 Å². The van der Waals surface area contributed by atoms with Crippen LogP contribution in [0, 0.1) is 0 Å². The van der Waals surface area contributed by atoms with E-state index in [1.54, 1.807) is 7.11 Å². The molecule has 0 aromatic heterocycles. The Morgan fingerprint density at radius 1 is 0.850 bits per heavy atom. The molecule has 20 heavy (non-hydrogen) atoms. The molecule has 2 rings (SSSR count). The van der Waals surface area contributed by atoms with Gasteiger partial charge in [-0.25, -0.2) is 0 Å². The molecule has 0 bridgehead atoms. The summed E-state index contributed by atoms with van der Waals surface area (Å²) in [5.41, 5.74) is 2.41. The molecule has 3 nitrogen and oxygen atoms in total. The van der Waals surface area contributed by atoms with Crippen LogP contribution in [0.2, 0.25) is 39.3 Å². The highest BCUT2D eigenvalue weighted by Gasteiger charge is 2.45. The summed E-state index contributed by atoms with van der Waals surface area (Å²) >= 11 is 0. The minimum Gasteiger partial charge on any atom is -0.496 e. The third-order valence-corrected chi connectivity index (χ3v) is 5.07. The Morgan fingerprint density at radius 2 is 1.40 bits per heavy atom. The molecule has 1 aliphatic carbocycles. The van der Waals surface area contributed by atoms with E-state index in [0.29, 0.717) is 0 Å². The van der Waals surface area contributed by atoms with Crippen LogP contribution in [-0.2, 0) is 8.85 Å². The van der Waals surface area contributed by atoms with E-state index in [0.717, 1.165) is 5.75 Å². The quantitative estimate of drug-likeness (QED) is 0.750. The van der Waals surface area contributed by atoms with Gasteiger partial charge in [0.1, 0.15) is 18.0 Å². The number of fused-ring (bicyclic) bond motifs is 1. The second-order valence-electron chi connectivity index (χ2n) is 7.26. The van der Waals surface area contributed by atoms with Crippen molar-refractivity contribution in [1.82, 2.24) is 0 Å². The van der Waals surface area contributed by atoms with Crippen molar-refractivity contribution >= 4 is 16.6 Å². The highest BCUT2D eigenvalue weighted by atomic mass is 28.4. The van der Waals surface area contributed by atoms with Crippen molar-refractivity contribution in [3.8, 4) is 5.75 Å². The predicted molar refractivity (Wildman–Crippen MR) is 87.3 cm³/mol. The second-order valence-corrected chi connectivity index (χ2v) is 16.2. The molecule has 0 saturated heterocycles. The lowest BCUT2D eigenvalue weighted by atomic mass is 9.82. The smallest absolute Gasteiger partial charge is 0.184 e. The first-order chi connectivity index (χ1) is 9.12. The number of methoxy groups -OCH3 is 1. The first kappa shape index (κ1) is 15.8. The molecule has 0 heterocycles. The molecule has 0 N–H and O–H groups in total. The largest absolute Gasteiger partial charge is 0.496 e. The zero-order valence-corrected chi connectivity index (χ0v) is 15.6. The molecule has 0 fully saturated rings. The number of benzene rings is 1. The van der Waals surface area contributed by atoms with Crippen molar-refractivity contribution in [1.29, 1.82) is 0 Å². The summed E-state index contributed by atoms with van der Waals surface area (Å²) < 4.78 is 18.2. The van der Waals surface area contributed by atoms with E-state index in [1.165, 1.54) is 11.1 Å². The Hall–Kier alpha value is -0.626. The van der Waals surface area contributed by atoms with Gasteiger partial charge < -0.3 is 13.6 Å². The van der Waals surface area contributed by atoms with Gasteiger partial charge in [-0.15, -0.1) is 0 Å². The van der Waals surface area contributed by atoms with Crippen LogP contribution < -0.4 is 4.74 Å². The molecule has 0 saturated carbocycles. The Bertz CT molecular complexity index is 489. The summed E-state index contributed by atoms with van der Waals surface area (Å²) in [7, 11) is -1.52. The van der Waals surface area contributed by atoms with Crippen LogP contribution in [0.15, 0.2) is 18.2 Å². The van der Waals surface area contributed by atoms with E-state index in [2.05, 4.69) is 45.3 Å². The molecule has 112 valence electrons. The van der Waals surface area contributed by atoms with Crippen molar-refractivity contribution in [2.45, 2.75) is 51.5 Å². The molecule has 0 spiro atoms. The third kappa shape index (κ3) is 3.33. The van der Waals surface area contributed by atoms with Crippen LogP contribution in [0.4, 0.5) is 0 Å². The first-order valence-electron chi connectivity index (χ1n) is 7.15. The van der Waals surface area contributed by atoms with Gasteiger partial charge in [0.15, 0.2) is 16.6 Å². The van der Waals surface area contributed by atoms with Crippen LogP contribution >= 0.6 is 0 Å². The average molecular weight is 311 g/mol. The number of rotatable bonds is 5. The highest BCUT2D eigenvalue weighted by molar-refractivity contribution is 6.70. The maximum absolute atomic E-state index is 6.36.